The molecule has 1 aromatic heterocycles. The summed E-state index contributed by atoms with van der Waals surface area (Å²) in [6.07, 6.45) is 1.36. The van der Waals surface area contributed by atoms with E-state index in [0.717, 1.165) is 0 Å². The fourth-order valence-electron chi connectivity index (χ4n) is 2.10. The molecule has 0 aliphatic carbocycles. The summed E-state index contributed by atoms with van der Waals surface area (Å²) in [4.78, 5) is 35.5. The summed E-state index contributed by atoms with van der Waals surface area (Å²) in [5.74, 6) is -2.74. The predicted molar refractivity (Wildman–Crippen MR) is 84.2 cm³/mol. The minimum Gasteiger partial charge on any atom is -0.548 e. The van der Waals surface area contributed by atoms with Crippen LogP contribution in [0.15, 0.2) is 47.1 Å². The van der Waals surface area contributed by atoms with Crippen LogP contribution >= 0.6 is 0 Å². The average Bonchev–Trinajstić information content (AvgIpc) is 3.06. The van der Waals surface area contributed by atoms with Crippen molar-refractivity contribution in [2.45, 2.75) is 19.9 Å². The maximum atomic E-state index is 12.4. The average molecular weight is 329 g/mol. The molecule has 0 radical (unpaired) electrons. The van der Waals surface area contributed by atoms with Crippen molar-refractivity contribution in [1.29, 1.82) is 0 Å². The van der Waals surface area contributed by atoms with Gasteiger partial charge in [0, 0.05) is 0 Å². The predicted octanol–water partition coefficient (Wildman–Crippen LogP) is 1.04. The van der Waals surface area contributed by atoms with Crippen molar-refractivity contribution in [3.8, 4) is 0 Å². The maximum absolute atomic E-state index is 12.4. The molecule has 126 valence electrons. The van der Waals surface area contributed by atoms with Crippen LogP contribution < -0.4 is 15.7 Å². The summed E-state index contributed by atoms with van der Waals surface area (Å²) in [5.41, 5.74) is 0.390. The van der Waals surface area contributed by atoms with Crippen molar-refractivity contribution in [2.24, 2.45) is 5.92 Å². The van der Waals surface area contributed by atoms with Crippen molar-refractivity contribution < 1.29 is 23.9 Å². The number of furan rings is 1. The number of aliphatic carboxylic acids is 1. The molecular weight excluding hydrogens is 312 g/mol. The number of carbonyl (C=O) groups excluding carboxylic acids is 3. The maximum Gasteiger partial charge on any atom is 0.291 e. The number of hydrogen-bond donors (Lipinski definition) is 2. The molecule has 0 spiro atoms. The quantitative estimate of drug-likeness (QED) is 0.822. The Morgan fingerprint density at radius 3 is 2.33 bits per heavy atom. The number of anilines is 1. The molecule has 0 aliphatic rings. The van der Waals surface area contributed by atoms with Crippen LogP contribution in [0.5, 0.6) is 0 Å². The monoisotopic (exact) mass is 329 g/mol. The second-order valence-corrected chi connectivity index (χ2v) is 5.49. The lowest BCUT2D eigenvalue weighted by molar-refractivity contribution is -0.309. The molecule has 0 unspecified atom stereocenters. The lowest BCUT2D eigenvalue weighted by Gasteiger charge is -2.23. The first-order valence-electron chi connectivity index (χ1n) is 7.35. The molecule has 0 saturated carbocycles. The van der Waals surface area contributed by atoms with Gasteiger partial charge in [-0.25, -0.2) is 0 Å². The number of amides is 2. The normalized spacial score (nSPS) is 11.8. The van der Waals surface area contributed by atoms with E-state index in [0.29, 0.717) is 0 Å². The van der Waals surface area contributed by atoms with E-state index < -0.39 is 23.8 Å². The third-order valence-electron chi connectivity index (χ3n) is 3.37. The van der Waals surface area contributed by atoms with Crippen LogP contribution in [0.4, 0.5) is 5.69 Å². The van der Waals surface area contributed by atoms with Crippen LogP contribution in [-0.4, -0.2) is 23.8 Å². The molecule has 7 nitrogen and oxygen atoms in total. The van der Waals surface area contributed by atoms with E-state index in [9.17, 15) is 19.5 Å². The Labute approximate surface area is 138 Å². The summed E-state index contributed by atoms with van der Waals surface area (Å²) in [5, 5.41) is 16.1. The minimum absolute atomic E-state index is 0.0972. The van der Waals surface area contributed by atoms with Gasteiger partial charge in [0.1, 0.15) is 0 Å². The fraction of sp³-hybridized carbons (Fsp3) is 0.235. The van der Waals surface area contributed by atoms with E-state index in [1.54, 1.807) is 38.1 Å². The molecule has 1 atom stereocenters. The number of carboxylic acid groups (broad SMARTS) is 1. The molecule has 1 heterocycles. The molecule has 2 amide bonds. The molecule has 7 heteroatoms. The Hall–Kier alpha value is -3.09. The Balaban J connectivity index is 2.20. The third-order valence-corrected chi connectivity index (χ3v) is 3.37. The van der Waals surface area contributed by atoms with E-state index in [2.05, 4.69) is 10.6 Å². The van der Waals surface area contributed by atoms with Gasteiger partial charge in [0.2, 0.25) is 0 Å². The van der Waals surface area contributed by atoms with Crippen LogP contribution in [0, 0.1) is 5.92 Å². The summed E-state index contributed by atoms with van der Waals surface area (Å²) in [6, 6.07) is 8.21. The molecule has 0 bridgehead atoms. The Morgan fingerprint density at radius 2 is 1.75 bits per heavy atom. The van der Waals surface area contributed by atoms with Crippen LogP contribution in [0.25, 0.3) is 0 Å². The van der Waals surface area contributed by atoms with Crippen molar-refractivity contribution in [2.75, 3.05) is 5.32 Å². The first-order chi connectivity index (χ1) is 11.4. The van der Waals surface area contributed by atoms with Crippen molar-refractivity contribution in [1.82, 2.24) is 5.32 Å². The van der Waals surface area contributed by atoms with E-state index in [-0.39, 0.29) is 22.9 Å². The Morgan fingerprint density at radius 1 is 1.04 bits per heavy atom. The summed E-state index contributed by atoms with van der Waals surface area (Å²) in [6.45, 7) is 3.32. The molecule has 2 N–H and O–H groups in total. The molecule has 0 aliphatic heterocycles. The van der Waals surface area contributed by atoms with Gasteiger partial charge in [-0.15, -0.1) is 0 Å². The summed E-state index contributed by atoms with van der Waals surface area (Å²) < 4.78 is 5.00. The van der Waals surface area contributed by atoms with E-state index >= 15 is 0 Å². The largest absolute Gasteiger partial charge is 0.548 e. The first kappa shape index (κ1) is 17.3. The number of benzene rings is 1. The highest BCUT2D eigenvalue weighted by Crippen LogP contribution is 2.17. The standard InChI is InChI=1S/C17H18N2O5/c1-10(2)14(17(22)23)19-15(20)11-6-3-4-7-12(11)18-16(21)13-8-5-9-24-13/h3-10,14H,1-2H3,(H,18,21)(H,19,20)(H,22,23)/p-1/t14-/m0/s1. The van der Waals surface area contributed by atoms with Gasteiger partial charge in [0.25, 0.3) is 11.8 Å². The second-order valence-electron chi connectivity index (χ2n) is 5.49. The SMILES string of the molecule is CC(C)[C@H](NC(=O)c1ccccc1NC(=O)c1ccco1)C(=O)[O-]. The van der Waals surface area contributed by atoms with Gasteiger partial charge in [-0.05, 0) is 30.2 Å². The molecule has 1 aromatic carbocycles. The van der Waals surface area contributed by atoms with Gasteiger partial charge in [0.15, 0.2) is 5.76 Å². The van der Waals surface area contributed by atoms with Crippen molar-refractivity contribution >= 4 is 23.5 Å². The van der Waals surface area contributed by atoms with E-state index in [1.165, 1.54) is 18.4 Å². The van der Waals surface area contributed by atoms with Crippen LogP contribution in [0.3, 0.4) is 0 Å². The summed E-state index contributed by atoms with van der Waals surface area (Å²) >= 11 is 0. The lowest BCUT2D eigenvalue weighted by atomic mass is 10.0. The number of para-hydroxylation sites is 1. The highest BCUT2D eigenvalue weighted by atomic mass is 16.4. The molecule has 0 saturated heterocycles. The number of hydrogen-bond acceptors (Lipinski definition) is 5. The van der Waals surface area contributed by atoms with Crippen LogP contribution in [-0.2, 0) is 4.79 Å². The molecule has 2 aromatic rings. The zero-order valence-electron chi connectivity index (χ0n) is 13.2. The minimum atomic E-state index is -1.37. The van der Waals surface area contributed by atoms with Gasteiger partial charge in [-0.2, -0.15) is 0 Å². The number of carboxylic acids is 1. The van der Waals surface area contributed by atoms with Crippen LogP contribution in [0.2, 0.25) is 0 Å². The zero-order chi connectivity index (χ0) is 17.7. The highest BCUT2D eigenvalue weighted by Gasteiger charge is 2.21. The van der Waals surface area contributed by atoms with Gasteiger partial charge >= 0.3 is 0 Å². The molecular formula is C17H17N2O5-. The number of rotatable bonds is 6. The third kappa shape index (κ3) is 4.01. The summed E-state index contributed by atoms with van der Waals surface area (Å²) in [7, 11) is 0. The Bertz CT molecular complexity index is 737. The number of carbonyl (C=O) groups is 3. The molecule has 0 fully saturated rings. The van der Waals surface area contributed by atoms with Gasteiger partial charge in [-0.3, -0.25) is 9.59 Å². The van der Waals surface area contributed by atoms with E-state index in [1.807, 2.05) is 0 Å². The highest BCUT2D eigenvalue weighted by molar-refractivity contribution is 6.08. The Kier molecular flexibility index (Phi) is 5.36. The first-order valence-corrected chi connectivity index (χ1v) is 7.35. The van der Waals surface area contributed by atoms with Gasteiger partial charge in [0.05, 0.1) is 29.5 Å². The lowest BCUT2D eigenvalue weighted by Crippen LogP contribution is -2.50. The van der Waals surface area contributed by atoms with E-state index in [4.69, 9.17) is 4.42 Å². The second kappa shape index (κ2) is 7.45. The topological polar surface area (TPSA) is 111 Å². The van der Waals surface area contributed by atoms with Crippen molar-refractivity contribution in [3.63, 3.8) is 0 Å². The van der Waals surface area contributed by atoms with Gasteiger partial charge < -0.3 is 25.0 Å². The van der Waals surface area contributed by atoms with Gasteiger partial charge in [-0.1, -0.05) is 26.0 Å². The molecule has 24 heavy (non-hydrogen) atoms. The smallest absolute Gasteiger partial charge is 0.291 e. The van der Waals surface area contributed by atoms with Crippen LogP contribution in [0.1, 0.15) is 34.8 Å². The van der Waals surface area contributed by atoms with Crippen molar-refractivity contribution in [3.05, 3.63) is 54.0 Å². The molecule has 2 rings (SSSR count). The number of nitrogens with one attached hydrogen (secondary N) is 2. The fourth-order valence-corrected chi connectivity index (χ4v) is 2.10. The zero-order valence-corrected chi connectivity index (χ0v) is 13.2.